The van der Waals surface area contributed by atoms with E-state index in [1.165, 1.54) is 0 Å². The van der Waals surface area contributed by atoms with Gasteiger partial charge < -0.3 is 0 Å². The molecule has 0 fully saturated rings. The summed E-state index contributed by atoms with van der Waals surface area (Å²) in [4.78, 5) is 11.1. The average Bonchev–Trinajstić information content (AvgIpc) is 2.38. The van der Waals surface area contributed by atoms with E-state index in [4.69, 9.17) is 0 Å². The molecule has 0 bridgehead atoms. The van der Waals surface area contributed by atoms with Crippen molar-refractivity contribution in [1.82, 2.24) is 0 Å². The van der Waals surface area contributed by atoms with Crippen LogP contribution in [0.3, 0.4) is 0 Å². The Kier molecular flexibility index (Phi) is 3.68. The maximum absolute atomic E-state index is 11.1. The number of benzene rings is 1. The van der Waals surface area contributed by atoms with Crippen molar-refractivity contribution >= 4 is 17.9 Å². The first-order valence-electron chi connectivity index (χ1n) is 5.89. The number of aromatic nitrogens is 1. The van der Waals surface area contributed by atoms with Crippen LogP contribution in [0.15, 0.2) is 48.8 Å². The van der Waals surface area contributed by atoms with Gasteiger partial charge in [0.2, 0.25) is 0 Å². The third-order valence-corrected chi connectivity index (χ3v) is 2.79. The van der Waals surface area contributed by atoms with E-state index in [-0.39, 0.29) is 5.78 Å². The van der Waals surface area contributed by atoms with Crippen LogP contribution in [0.1, 0.15) is 28.4 Å². The predicted molar refractivity (Wildman–Crippen MR) is 73.0 cm³/mol. The van der Waals surface area contributed by atoms with E-state index in [9.17, 15) is 4.79 Å². The summed E-state index contributed by atoms with van der Waals surface area (Å²) < 4.78 is 2.00. The molecule has 0 saturated carbocycles. The number of hydrogen-bond acceptors (Lipinski definition) is 1. The highest BCUT2D eigenvalue weighted by Gasteiger charge is 1.97. The molecule has 0 aliphatic carbocycles. The van der Waals surface area contributed by atoms with Crippen LogP contribution in [-0.4, -0.2) is 5.78 Å². The van der Waals surface area contributed by atoms with Crippen LogP contribution >= 0.6 is 0 Å². The lowest BCUT2D eigenvalue weighted by atomic mass is 10.1. The Hall–Kier alpha value is -2.22. The highest BCUT2D eigenvalue weighted by molar-refractivity contribution is 5.94. The Balaban J connectivity index is 2.13. The Bertz CT molecular complexity index is 565. The van der Waals surface area contributed by atoms with Gasteiger partial charge in [-0.2, -0.15) is 0 Å². The first kappa shape index (κ1) is 12.2. The molecule has 90 valence electrons. The summed E-state index contributed by atoms with van der Waals surface area (Å²) in [5.41, 5.74) is 3.00. The number of Topliss-reactive ketones (excluding diaryl/α,β-unsaturated/α-hetero) is 1. The van der Waals surface area contributed by atoms with Crippen molar-refractivity contribution in [3.05, 3.63) is 65.5 Å². The summed E-state index contributed by atoms with van der Waals surface area (Å²) >= 11 is 0. The minimum atomic E-state index is 0.0982. The van der Waals surface area contributed by atoms with Gasteiger partial charge in [0.05, 0.1) is 0 Å². The number of rotatable bonds is 3. The standard InChI is InChI=1S/C16H16NO/c1-13(18)16-7-5-14(6-8-16)3-4-15-9-11-17(2)12-10-15/h3-12H,1-2H3/q+1/b4-3+. The predicted octanol–water partition coefficient (Wildman–Crippen LogP) is 2.88. The molecule has 1 aromatic carbocycles. The smallest absolute Gasteiger partial charge is 0.169 e. The van der Waals surface area contributed by atoms with E-state index in [2.05, 4.69) is 18.2 Å². The molecule has 2 heteroatoms. The third-order valence-electron chi connectivity index (χ3n) is 2.79. The van der Waals surface area contributed by atoms with Crippen LogP contribution in [0.25, 0.3) is 12.2 Å². The topological polar surface area (TPSA) is 20.9 Å². The quantitative estimate of drug-likeness (QED) is 0.595. The molecule has 0 aliphatic heterocycles. The number of pyridine rings is 1. The van der Waals surface area contributed by atoms with Crippen LogP contribution in [0.2, 0.25) is 0 Å². The number of carbonyl (C=O) groups excluding carboxylic acids is 1. The van der Waals surface area contributed by atoms with Crippen molar-refractivity contribution in [2.45, 2.75) is 6.92 Å². The fourth-order valence-electron chi connectivity index (χ4n) is 1.65. The van der Waals surface area contributed by atoms with Crippen molar-refractivity contribution in [2.24, 2.45) is 7.05 Å². The van der Waals surface area contributed by atoms with Gasteiger partial charge in [0.1, 0.15) is 7.05 Å². The molecule has 1 aromatic heterocycles. The number of hydrogen-bond donors (Lipinski definition) is 0. The van der Waals surface area contributed by atoms with Crippen LogP contribution in [-0.2, 0) is 7.05 Å². The highest BCUT2D eigenvalue weighted by atomic mass is 16.1. The molecule has 18 heavy (non-hydrogen) atoms. The zero-order valence-electron chi connectivity index (χ0n) is 10.6. The summed E-state index contributed by atoms with van der Waals surface area (Å²) in [5, 5.41) is 0. The molecular formula is C16H16NO+. The Morgan fingerprint density at radius 3 is 1.94 bits per heavy atom. The van der Waals surface area contributed by atoms with Gasteiger partial charge in [0.25, 0.3) is 0 Å². The van der Waals surface area contributed by atoms with Gasteiger partial charge in [0.15, 0.2) is 18.2 Å². The van der Waals surface area contributed by atoms with E-state index in [1.54, 1.807) is 6.92 Å². The zero-order chi connectivity index (χ0) is 13.0. The summed E-state index contributed by atoms with van der Waals surface area (Å²) in [6.45, 7) is 1.58. The van der Waals surface area contributed by atoms with Crippen molar-refractivity contribution in [3.63, 3.8) is 0 Å². The Morgan fingerprint density at radius 1 is 0.944 bits per heavy atom. The van der Waals surface area contributed by atoms with Crippen molar-refractivity contribution in [3.8, 4) is 0 Å². The van der Waals surface area contributed by atoms with Gasteiger partial charge in [-0.15, -0.1) is 0 Å². The second kappa shape index (κ2) is 5.41. The van der Waals surface area contributed by atoms with Crippen LogP contribution in [0.4, 0.5) is 0 Å². The lowest BCUT2D eigenvalue weighted by molar-refractivity contribution is -0.671. The average molecular weight is 238 g/mol. The summed E-state index contributed by atoms with van der Waals surface area (Å²) in [5.74, 6) is 0.0982. The lowest BCUT2D eigenvalue weighted by Gasteiger charge is -1.97. The fraction of sp³-hybridized carbons (Fsp3) is 0.125. The van der Waals surface area contributed by atoms with Crippen LogP contribution in [0.5, 0.6) is 0 Å². The summed E-state index contributed by atoms with van der Waals surface area (Å²) in [6, 6.07) is 11.7. The maximum Gasteiger partial charge on any atom is 0.169 e. The SMILES string of the molecule is CC(=O)c1ccc(/C=C/c2cc[n+](C)cc2)cc1. The van der Waals surface area contributed by atoms with Crippen LogP contribution < -0.4 is 4.57 Å². The fourth-order valence-corrected chi connectivity index (χ4v) is 1.65. The number of nitrogens with zero attached hydrogens (tertiary/aromatic N) is 1. The largest absolute Gasteiger partial charge is 0.295 e. The van der Waals surface area contributed by atoms with Gasteiger partial charge in [-0.3, -0.25) is 4.79 Å². The minimum Gasteiger partial charge on any atom is -0.295 e. The number of ketones is 1. The molecule has 0 radical (unpaired) electrons. The minimum absolute atomic E-state index is 0.0982. The van der Waals surface area contributed by atoms with E-state index in [0.717, 1.165) is 16.7 Å². The molecule has 0 aliphatic rings. The molecule has 1 heterocycles. The van der Waals surface area contributed by atoms with E-state index in [1.807, 2.05) is 54.3 Å². The molecule has 0 unspecified atom stereocenters. The highest BCUT2D eigenvalue weighted by Crippen LogP contribution is 2.09. The van der Waals surface area contributed by atoms with E-state index < -0.39 is 0 Å². The Morgan fingerprint density at radius 2 is 1.44 bits per heavy atom. The second-order valence-corrected chi connectivity index (χ2v) is 4.31. The monoisotopic (exact) mass is 238 g/mol. The molecule has 0 spiro atoms. The molecule has 2 aromatic rings. The van der Waals surface area contributed by atoms with E-state index in [0.29, 0.717) is 0 Å². The molecule has 0 atom stereocenters. The molecule has 0 saturated heterocycles. The normalized spacial score (nSPS) is 10.8. The second-order valence-electron chi connectivity index (χ2n) is 4.31. The third kappa shape index (κ3) is 3.14. The molecule has 0 amide bonds. The van der Waals surface area contributed by atoms with Gasteiger partial charge in [-0.05, 0) is 18.1 Å². The molecule has 2 rings (SSSR count). The number of aryl methyl sites for hydroxylation is 1. The number of carbonyl (C=O) groups is 1. The van der Waals surface area contributed by atoms with E-state index >= 15 is 0 Å². The maximum atomic E-state index is 11.1. The zero-order valence-corrected chi connectivity index (χ0v) is 10.6. The van der Waals surface area contributed by atoms with Gasteiger partial charge in [-0.25, -0.2) is 4.57 Å². The van der Waals surface area contributed by atoms with Gasteiger partial charge in [-0.1, -0.05) is 36.4 Å². The van der Waals surface area contributed by atoms with Crippen molar-refractivity contribution in [2.75, 3.05) is 0 Å². The van der Waals surface area contributed by atoms with Gasteiger partial charge >= 0.3 is 0 Å². The molecular weight excluding hydrogens is 222 g/mol. The summed E-state index contributed by atoms with van der Waals surface area (Å²) in [6.07, 6.45) is 8.12. The summed E-state index contributed by atoms with van der Waals surface area (Å²) in [7, 11) is 1.99. The molecule has 2 nitrogen and oxygen atoms in total. The van der Waals surface area contributed by atoms with Crippen molar-refractivity contribution in [1.29, 1.82) is 0 Å². The molecule has 0 N–H and O–H groups in total. The Labute approximate surface area is 107 Å². The van der Waals surface area contributed by atoms with Gasteiger partial charge in [0, 0.05) is 17.7 Å². The van der Waals surface area contributed by atoms with Crippen LogP contribution in [0, 0.1) is 0 Å². The van der Waals surface area contributed by atoms with Crippen molar-refractivity contribution < 1.29 is 9.36 Å². The first-order chi connectivity index (χ1) is 8.65. The lowest BCUT2D eigenvalue weighted by Crippen LogP contribution is -2.25. The first-order valence-corrected chi connectivity index (χ1v) is 5.89.